The van der Waals surface area contributed by atoms with Crippen LogP contribution in [-0.4, -0.2) is 34.5 Å². The monoisotopic (exact) mass is 462 g/mol. The van der Waals surface area contributed by atoms with Crippen molar-refractivity contribution in [1.29, 1.82) is 5.41 Å². The molecule has 1 atom stereocenters. The fourth-order valence-electron chi connectivity index (χ4n) is 3.61. The van der Waals surface area contributed by atoms with Crippen LogP contribution in [-0.2, 0) is 9.53 Å². The molecule has 0 aliphatic heterocycles. The van der Waals surface area contributed by atoms with E-state index >= 15 is 0 Å². The zero-order valence-corrected chi connectivity index (χ0v) is 19.9. The number of ether oxygens (including phenoxy) is 1. The molecule has 2 amide bonds. The zero-order chi connectivity index (χ0) is 25.2. The first-order chi connectivity index (χ1) is 15.9. The zero-order valence-electron chi connectivity index (χ0n) is 19.9. The van der Waals surface area contributed by atoms with Crippen LogP contribution in [0.3, 0.4) is 0 Å². The van der Waals surface area contributed by atoms with E-state index in [0.717, 1.165) is 6.21 Å². The SMILES string of the molecule is CC(=Nc1c(C(C)C(N)=O)[nH]c2ccc(N)c(C=N)c12)c1ccccc1NC(=O)OC(C)(C)C. The molecule has 0 saturated heterocycles. The first-order valence-electron chi connectivity index (χ1n) is 10.8. The molecule has 1 aromatic heterocycles. The third kappa shape index (κ3) is 5.09. The van der Waals surface area contributed by atoms with Gasteiger partial charge in [0.15, 0.2) is 0 Å². The second-order valence-electron chi connectivity index (χ2n) is 9.02. The first-order valence-corrected chi connectivity index (χ1v) is 10.8. The van der Waals surface area contributed by atoms with Crippen molar-refractivity contribution in [2.24, 2.45) is 10.7 Å². The highest BCUT2D eigenvalue weighted by atomic mass is 16.6. The predicted molar refractivity (Wildman–Crippen MR) is 136 cm³/mol. The molecule has 3 aromatic rings. The molecule has 0 spiro atoms. The number of nitrogens with one attached hydrogen (secondary N) is 3. The number of amides is 2. The second-order valence-corrected chi connectivity index (χ2v) is 9.02. The second kappa shape index (κ2) is 9.38. The Hall–Kier alpha value is -4.14. The number of carbonyl (C=O) groups excluding carboxylic acids is 2. The maximum absolute atomic E-state index is 12.4. The number of nitrogen functional groups attached to an aromatic ring is 1. The van der Waals surface area contributed by atoms with Crippen molar-refractivity contribution in [3.63, 3.8) is 0 Å². The summed E-state index contributed by atoms with van der Waals surface area (Å²) >= 11 is 0. The Morgan fingerprint density at radius 3 is 2.50 bits per heavy atom. The highest BCUT2D eigenvalue weighted by molar-refractivity contribution is 6.13. The minimum absolute atomic E-state index is 0.417. The number of para-hydroxylation sites is 1. The van der Waals surface area contributed by atoms with Gasteiger partial charge in [0.1, 0.15) is 5.60 Å². The van der Waals surface area contributed by atoms with E-state index in [1.54, 1.807) is 58.9 Å². The summed E-state index contributed by atoms with van der Waals surface area (Å²) in [7, 11) is 0. The van der Waals surface area contributed by atoms with E-state index in [1.165, 1.54) is 0 Å². The van der Waals surface area contributed by atoms with Gasteiger partial charge < -0.3 is 26.6 Å². The molecule has 1 heterocycles. The smallest absolute Gasteiger partial charge is 0.412 e. The Bertz CT molecular complexity index is 1300. The molecule has 3 rings (SSSR count). The van der Waals surface area contributed by atoms with E-state index in [4.69, 9.17) is 26.6 Å². The van der Waals surface area contributed by atoms with Gasteiger partial charge in [-0.1, -0.05) is 18.2 Å². The van der Waals surface area contributed by atoms with Crippen molar-refractivity contribution < 1.29 is 14.3 Å². The summed E-state index contributed by atoms with van der Waals surface area (Å²) in [5, 5.41) is 11.3. The van der Waals surface area contributed by atoms with Gasteiger partial charge in [0.05, 0.1) is 23.0 Å². The number of aliphatic imine (C=N–C) groups is 1. The summed E-state index contributed by atoms with van der Waals surface area (Å²) < 4.78 is 5.38. The van der Waals surface area contributed by atoms with Crippen molar-refractivity contribution >= 4 is 51.9 Å². The number of aromatic amines is 1. The Balaban J connectivity index is 2.18. The molecule has 9 heteroatoms. The normalized spacial score (nSPS) is 12.9. The van der Waals surface area contributed by atoms with Crippen LogP contribution in [0.5, 0.6) is 0 Å². The fourth-order valence-corrected chi connectivity index (χ4v) is 3.61. The number of nitrogens with zero attached hydrogens (tertiary/aromatic N) is 1. The molecular formula is C25H30N6O3. The summed E-state index contributed by atoms with van der Waals surface area (Å²) in [5.41, 5.74) is 15.4. The largest absolute Gasteiger partial charge is 0.444 e. The lowest BCUT2D eigenvalue weighted by atomic mass is 10.0. The Morgan fingerprint density at radius 1 is 1.21 bits per heavy atom. The van der Waals surface area contributed by atoms with Gasteiger partial charge in [0.25, 0.3) is 0 Å². The number of benzene rings is 2. The van der Waals surface area contributed by atoms with Gasteiger partial charge >= 0.3 is 6.09 Å². The van der Waals surface area contributed by atoms with Crippen molar-refractivity contribution in [3.8, 4) is 0 Å². The molecule has 34 heavy (non-hydrogen) atoms. The Labute approximate surface area is 198 Å². The molecule has 7 N–H and O–H groups in total. The quantitative estimate of drug-likeness (QED) is 0.262. The number of anilines is 2. The van der Waals surface area contributed by atoms with Gasteiger partial charge in [0, 0.05) is 39.6 Å². The lowest BCUT2D eigenvalue weighted by molar-refractivity contribution is -0.119. The average Bonchev–Trinajstić information content (AvgIpc) is 3.10. The van der Waals surface area contributed by atoms with Crippen LogP contribution in [0.4, 0.5) is 21.9 Å². The third-order valence-electron chi connectivity index (χ3n) is 5.28. The van der Waals surface area contributed by atoms with Crippen molar-refractivity contribution in [2.45, 2.75) is 46.1 Å². The lowest BCUT2D eigenvalue weighted by Crippen LogP contribution is -2.27. The molecular weight excluding hydrogens is 432 g/mol. The highest BCUT2D eigenvalue weighted by Gasteiger charge is 2.23. The van der Waals surface area contributed by atoms with E-state index < -0.39 is 23.5 Å². The fraction of sp³-hybridized carbons (Fsp3) is 0.280. The summed E-state index contributed by atoms with van der Waals surface area (Å²) in [6.45, 7) is 8.85. The molecule has 0 aliphatic rings. The minimum Gasteiger partial charge on any atom is -0.444 e. The van der Waals surface area contributed by atoms with Crippen LogP contribution in [0, 0.1) is 5.41 Å². The van der Waals surface area contributed by atoms with E-state index in [2.05, 4.69) is 10.3 Å². The number of aromatic nitrogens is 1. The van der Waals surface area contributed by atoms with Crippen LogP contribution in [0.15, 0.2) is 41.4 Å². The van der Waals surface area contributed by atoms with E-state index in [-0.39, 0.29) is 0 Å². The maximum atomic E-state index is 12.4. The van der Waals surface area contributed by atoms with Crippen molar-refractivity contribution in [2.75, 3.05) is 11.1 Å². The van der Waals surface area contributed by atoms with E-state index in [9.17, 15) is 9.59 Å². The van der Waals surface area contributed by atoms with Crippen molar-refractivity contribution in [1.82, 2.24) is 4.98 Å². The van der Waals surface area contributed by atoms with E-state index in [0.29, 0.717) is 50.5 Å². The van der Waals surface area contributed by atoms with Crippen LogP contribution >= 0.6 is 0 Å². The number of nitrogens with two attached hydrogens (primary N) is 2. The number of rotatable bonds is 6. The van der Waals surface area contributed by atoms with Crippen LogP contribution in [0.25, 0.3) is 10.9 Å². The van der Waals surface area contributed by atoms with Gasteiger partial charge in [-0.05, 0) is 52.8 Å². The molecule has 0 fully saturated rings. The highest BCUT2D eigenvalue weighted by Crippen LogP contribution is 2.39. The van der Waals surface area contributed by atoms with Crippen LogP contribution in [0.1, 0.15) is 57.4 Å². The predicted octanol–water partition coefficient (Wildman–Crippen LogP) is 4.82. The Morgan fingerprint density at radius 2 is 1.88 bits per heavy atom. The Kier molecular flexibility index (Phi) is 6.76. The number of H-pyrrole nitrogens is 1. The molecule has 0 bridgehead atoms. The molecule has 0 aliphatic carbocycles. The number of carbonyl (C=O) groups is 2. The molecule has 9 nitrogen and oxygen atoms in total. The van der Waals surface area contributed by atoms with Gasteiger partial charge in [-0.2, -0.15) is 0 Å². The summed E-state index contributed by atoms with van der Waals surface area (Å²) in [6.07, 6.45) is 0.582. The number of hydrogen-bond acceptors (Lipinski definition) is 6. The molecule has 1 unspecified atom stereocenters. The van der Waals surface area contributed by atoms with Crippen molar-refractivity contribution in [3.05, 3.63) is 53.2 Å². The van der Waals surface area contributed by atoms with Gasteiger partial charge in [0.2, 0.25) is 5.91 Å². The average molecular weight is 463 g/mol. The number of hydrogen-bond donors (Lipinski definition) is 5. The lowest BCUT2D eigenvalue weighted by Gasteiger charge is -2.20. The molecule has 178 valence electrons. The molecule has 0 radical (unpaired) electrons. The standard InChI is InChI=1S/C25H30N6O3/c1-13(23(28)32)21-22(20-16(12-26)17(27)10-11-19(20)30-21)29-14(2)15-8-6-7-9-18(15)31-24(33)34-25(3,4)5/h6-13,26,30H,27H2,1-5H3,(H2,28,32)(H,31,33). The minimum atomic E-state index is -0.658. The molecule has 2 aromatic carbocycles. The van der Waals surface area contributed by atoms with Gasteiger partial charge in [-0.15, -0.1) is 0 Å². The van der Waals surface area contributed by atoms with Gasteiger partial charge in [-0.25, -0.2) is 4.79 Å². The number of primary amides is 1. The first kappa shape index (κ1) is 24.5. The van der Waals surface area contributed by atoms with Crippen LogP contribution in [0.2, 0.25) is 0 Å². The summed E-state index contributed by atoms with van der Waals surface area (Å²) in [6, 6.07) is 10.7. The summed E-state index contributed by atoms with van der Waals surface area (Å²) in [5.74, 6) is -1.18. The summed E-state index contributed by atoms with van der Waals surface area (Å²) in [4.78, 5) is 32.4. The third-order valence-corrected chi connectivity index (χ3v) is 5.28. The van der Waals surface area contributed by atoms with Gasteiger partial charge in [-0.3, -0.25) is 15.1 Å². The number of fused-ring (bicyclic) bond motifs is 1. The van der Waals surface area contributed by atoms with E-state index in [1.807, 2.05) is 12.1 Å². The maximum Gasteiger partial charge on any atom is 0.412 e. The van der Waals surface area contributed by atoms with Crippen LogP contribution < -0.4 is 16.8 Å². The molecule has 0 saturated carbocycles. The topological polar surface area (TPSA) is 159 Å².